The van der Waals surface area contributed by atoms with E-state index in [2.05, 4.69) is 16.0 Å². The average molecular weight is 272 g/mol. The lowest BCUT2D eigenvalue weighted by atomic mass is 9.81. The van der Waals surface area contributed by atoms with Gasteiger partial charge in [0.15, 0.2) is 11.5 Å². The summed E-state index contributed by atoms with van der Waals surface area (Å²) in [6, 6.07) is 2.06. The van der Waals surface area contributed by atoms with Crippen molar-refractivity contribution in [1.82, 2.24) is 9.97 Å². The van der Waals surface area contributed by atoms with Gasteiger partial charge in [-0.1, -0.05) is 6.42 Å². The Bertz CT molecular complexity index is 583. The standard InChI is InChI=1S/C14H16N4O2/c1-20-13(19)14-4-2-3-10(14)8-18(9-14)12-11(7-15)16-5-6-17-12/h5-6,10H,2-4,8-9H2,1H3. The first-order chi connectivity index (χ1) is 9.71. The van der Waals surface area contributed by atoms with Crippen molar-refractivity contribution in [3.8, 4) is 6.07 Å². The molecule has 1 aromatic rings. The SMILES string of the molecule is COC(=O)C12CCCC1CN(c1nccnc1C#N)C2. The van der Waals surface area contributed by atoms with Crippen LogP contribution in [0.4, 0.5) is 5.82 Å². The highest BCUT2D eigenvalue weighted by molar-refractivity contribution is 5.79. The number of ether oxygens (including phenoxy) is 1. The second-order valence-electron chi connectivity index (χ2n) is 5.46. The summed E-state index contributed by atoms with van der Waals surface area (Å²) in [5.74, 6) is 0.723. The van der Waals surface area contributed by atoms with Crippen molar-refractivity contribution in [2.75, 3.05) is 25.1 Å². The number of anilines is 1. The van der Waals surface area contributed by atoms with Gasteiger partial charge in [-0.2, -0.15) is 5.26 Å². The summed E-state index contributed by atoms with van der Waals surface area (Å²) < 4.78 is 5.01. The molecule has 2 aliphatic rings. The molecule has 1 aromatic heterocycles. The highest BCUT2D eigenvalue weighted by Gasteiger charge is 2.56. The number of esters is 1. The van der Waals surface area contributed by atoms with Gasteiger partial charge in [0.05, 0.1) is 12.5 Å². The number of hydrogen-bond donors (Lipinski definition) is 0. The van der Waals surface area contributed by atoms with Crippen LogP contribution in [0.25, 0.3) is 0 Å². The fourth-order valence-corrected chi connectivity index (χ4v) is 3.63. The number of aromatic nitrogens is 2. The summed E-state index contributed by atoms with van der Waals surface area (Å²) in [5, 5.41) is 9.13. The van der Waals surface area contributed by atoms with Crippen LogP contribution in [0.1, 0.15) is 25.0 Å². The zero-order chi connectivity index (χ0) is 14.2. The third-order valence-corrected chi connectivity index (χ3v) is 4.55. The third-order valence-electron chi connectivity index (χ3n) is 4.55. The summed E-state index contributed by atoms with van der Waals surface area (Å²) in [6.45, 7) is 1.31. The van der Waals surface area contributed by atoms with Crippen LogP contribution in [0.5, 0.6) is 0 Å². The van der Waals surface area contributed by atoms with Crippen molar-refractivity contribution in [2.24, 2.45) is 11.3 Å². The minimum absolute atomic E-state index is 0.134. The van der Waals surface area contributed by atoms with Gasteiger partial charge in [0.25, 0.3) is 0 Å². The molecule has 2 unspecified atom stereocenters. The van der Waals surface area contributed by atoms with Gasteiger partial charge in [-0.3, -0.25) is 4.79 Å². The fraction of sp³-hybridized carbons (Fsp3) is 0.571. The van der Waals surface area contributed by atoms with Gasteiger partial charge in [0.2, 0.25) is 0 Å². The van der Waals surface area contributed by atoms with Gasteiger partial charge in [0.1, 0.15) is 6.07 Å². The molecule has 1 aliphatic heterocycles. The molecule has 6 nitrogen and oxygen atoms in total. The second-order valence-corrected chi connectivity index (χ2v) is 5.46. The van der Waals surface area contributed by atoms with Crippen LogP contribution in [-0.2, 0) is 9.53 Å². The smallest absolute Gasteiger partial charge is 0.313 e. The number of nitriles is 1. The Kier molecular flexibility index (Phi) is 3.05. The predicted octanol–water partition coefficient (Wildman–Crippen LogP) is 1.13. The summed E-state index contributed by atoms with van der Waals surface area (Å²) >= 11 is 0. The Morgan fingerprint density at radius 1 is 1.55 bits per heavy atom. The van der Waals surface area contributed by atoms with Crippen LogP contribution >= 0.6 is 0 Å². The van der Waals surface area contributed by atoms with Crippen LogP contribution in [0.3, 0.4) is 0 Å². The molecule has 1 saturated carbocycles. The predicted molar refractivity (Wildman–Crippen MR) is 70.8 cm³/mol. The van der Waals surface area contributed by atoms with Gasteiger partial charge >= 0.3 is 5.97 Å². The maximum atomic E-state index is 12.2. The zero-order valence-electron chi connectivity index (χ0n) is 11.4. The molecule has 20 heavy (non-hydrogen) atoms. The minimum Gasteiger partial charge on any atom is -0.469 e. The maximum absolute atomic E-state index is 12.2. The van der Waals surface area contributed by atoms with Crippen LogP contribution < -0.4 is 4.90 Å². The highest BCUT2D eigenvalue weighted by Crippen LogP contribution is 2.50. The molecule has 0 bridgehead atoms. The molecule has 0 spiro atoms. The van der Waals surface area contributed by atoms with E-state index in [4.69, 9.17) is 10.00 Å². The van der Waals surface area contributed by atoms with Gasteiger partial charge in [-0.15, -0.1) is 0 Å². The van der Waals surface area contributed by atoms with Crippen molar-refractivity contribution < 1.29 is 9.53 Å². The number of methoxy groups -OCH3 is 1. The van der Waals surface area contributed by atoms with E-state index in [1.807, 2.05) is 4.90 Å². The Balaban J connectivity index is 1.93. The van der Waals surface area contributed by atoms with Crippen LogP contribution in [0.15, 0.2) is 12.4 Å². The first-order valence-electron chi connectivity index (χ1n) is 6.76. The summed E-state index contributed by atoms with van der Waals surface area (Å²) in [6.07, 6.45) is 6.01. The summed E-state index contributed by atoms with van der Waals surface area (Å²) in [5.41, 5.74) is -0.119. The van der Waals surface area contributed by atoms with E-state index in [-0.39, 0.29) is 11.9 Å². The first kappa shape index (κ1) is 12.9. The van der Waals surface area contributed by atoms with E-state index in [1.165, 1.54) is 13.3 Å². The molecule has 6 heteroatoms. The molecular weight excluding hydrogens is 256 g/mol. The Labute approximate surface area is 117 Å². The quantitative estimate of drug-likeness (QED) is 0.751. The number of nitrogens with zero attached hydrogens (tertiary/aromatic N) is 4. The zero-order valence-corrected chi connectivity index (χ0v) is 11.4. The monoisotopic (exact) mass is 272 g/mol. The average Bonchev–Trinajstić information content (AvgIpc) is 3.04. The highest BCUT2D eigenvalue weighted by atomic mass is 16.5. The molecule has 2 heterocycles. The minimum atomic E-state index is -0.432. The molecular formula is C14H16N4O2. The molecule has 1 saturated heterocycles. The molecule has 0 aromatic carbocycles. The second kappa shape index (κ2) is 4.75. The van der Waals surface area contributed by atoms with Gasteiger partial charge in [0, 0.05) is 25.5 Å². The molecule has 0 radical (unpaired) electrons. The molecule has 1 aliphatic carbocycles. The molecule has 3 rings (SSSR count). The van der Waals surface area contributed by atoms with E-state index in [9.17, 15) is 4.79 Å². The fourth-order valence-electron chi connectivity index (χ4n) is 3.63. The van der Waals surface area contributed by atoms with Crippen molar-refractivity contribution in [3.63, 3.8) is 0 Å². The maximum Gasteiger partial charge on any atom is 0.313 e. The van der Waals surface area contributed by atoms with E-state index >= 15 is 0 Å². The number of carbonyl (C=O) groups excluding carboxylic acids is 1. The lowest BCUT2D eigenvalue weighted by Crippen LogP contribution is -2.37. The first-order valence-corrected chi connectivity index (χ1v) is 6.76. The van der Waals surface area contributed by atoms with Crippen molar-refractivity contribution in [1.29, 1.82) is 5.26 Å². The number of hydrogen-bond acceptors (Lipinski definition) is 6. The molecule has 0 N–H and O–H groups in total. The molecule has 104 valence electrons. The number of fused-ring (bicyclic) bond motifs is 1. The van der Waals surface area contributed by atoms with E-state index in [1.54, 1.807) is 6.20 Å². The number of carbonyl (C=O) groups is 1. The van der Waals surface area contributed by atoms with E-state index in [0.717, 1.165) is 25.8 Å². The van der Waals surface area contributed by atoms with Crippen molar-refractivity contribution >= 4 is 11.8 Å². The Morgan fingerprint density at radius 2 is 2.35 bits per heavy atom. The largest absolute Gasteiger partial charge is 0.469 e. The summed E-state index contributed by atoms with van der Waals surface area (Å²) in [7, 11) is 1.44. The normalized spacial score (nSPS) is 28.0. The van der Waals surface area contributed by atoms with Crippen molar-refractivity contribution in [2.45, 2.75) is 19.3 Å². The van der Waals surface area contributed by atoms with Gasteiger partial charge in [-0.25, -0.2) is 9.97 Å². The topological polar surface area (TPSA) is 79.1 Å². The Hall–Kier alpha value is -2.16. The van der Waals surface area contributed by atoms with E-state index < -0.39 is 5.41 Å². The van der Waals surface area contributed by atoms with Crippen molar-refractivity contribution in [3.05, 3.63) is 18.1 Å². The van der Waals surface area contributed by atoms with Crippen LogP contribution in [-0.4, -0.2) is 36.1 Å². The molecule has 2 atom stereocenters. The van der Waals surface area contributed by atoms with Gasteiger partial charge < -0.3 is 9.64 Å². The lowest BCUT2D eigenvalue weighted by molar-refractivity contribution is -0.152. The van der Waals surface area contributed by atoms with E-state index in [0.29, 0.717) is 18.1 Å². The lowest BCUT2D eigenvalue weighted by Gasteiger charge is -2.25. The third kappa shape index (κ3) is 1.73. The van der Waals surface area contributed by atoms with Crippen LogP contribution in [0.2, 0.25) is 0 Å². The summed E-state index contributed by atoms with van der Waals surface area (Å²) in [4.78, 5) is 22.5. The van der Waals surface area contributed by atoms with Gasteiger partial charge in [-0.05, 0) is 18.8 Å². The molecule has 2 fully saturated rings. The van der Waals surface area contributed by atoms with Crippen LogP contribution in [0, 0.1) is 22.7 Å². The number of rotatable bonds is 2. The molecule has 0 amide bonds. The Morgan fingerprint density at radius 3 is 3.10 bits per heavy atom.